The average Bonchev–Trinajstić information content (AvgIpc) is 2.71. The Morgan fingerprint density at radius 1 is 1.23 bits per heavy atom. The summed E-state index contributed by atoms with van der Waals surface area (Å²) in [6, 6.07) is 3.18. The van der Waals surface area contributed by atoms with Crippen molar-refractivity contribution in [2.45, 2.75) is 63.3 Å². The van der Waals surface area contributed by atoms with Crippen molar-refractivity contribution >= 4 is 21.6 Å². The van der Waals surface area contributed by atoms with E-state index in [1.807, 2.05) is 13.8 Å². The Bertz CT molecular complexity index is 608. The average molecular weight is 346 g/mol. The van der Waals surface area contributed by atoms with Gasteiger partial charge in [-0.3, -0.25) is 0 Å². The summed E-state index contributed by atoms with van der Waals surface area (Å²) in [5.41, 5.74) is 0.804. The zero-order chi connectivity index (χ0) is 16.2. The summed E-state index contributed by atoms with van der Waals surface area (Å²) in [6.07, 6.45) is 6.28. The van der Waals surface area contributed by atoms with Crippen LogP contribution in [0.4, 0.5) is 0 Å². The zero-order valence-electron chi connectivity index (χ0n) is 13.2. The predicted octanol–water partition coefficient (Wildman–Crippen LogP) is 4.05. The molecule has 0 saturated heterocycles. The van der Waals surface area contributed by atoms with Crippen LogP contribution in [0.1, 0.15) is 51.0 Å². The van der Waals surface area contributed by atoms with Crippen molar-refractivity contribution in [3.8, 4) is 5.75 Å². The molecule has 1 aromatic rings. The van der Waals surface area contributed by atoms with Crippen molar-refractivity contribution in [3.05, 3.63) is 22.7 Å². The largest absolute Gasteiger partial charge is 0.492 e. The highest BCUT2D eigenvalue weighted by Crippen LogP contribution is 2.31. The van der Waals surface area contributed by atoms with Crippen LogP contribution in [0.3, 0.4) is 0 Å². The van der Waals surface area contributed by atoms with Gasteiger partial charge in [0.1, 0.15) is 10.6 Å². The van der Waals surface area contributed by atoms with Gasteiger partial charge in [-0.25, -0.2) is 13.1 Å². The molecule has 0 unspecified atom stereocenters. The molecular weight excluding hydrogens is 322 g/mol. The molecule has 22 heavy (non-hydrogen) atoms. The molecule has 1 saturated carbocycles. The van der Waals surface area contributed by atoms with Gasteiger partial charge in [0, 0.05) is 11.1 Å². The van der Waals surface area contributed by atoms with Gasteiger partial charge in [0.05, 0.1) is 6.61 Å². The second-order valence-corrected chi connectivity index (χ2v) is 7.88. The number of aryl methyl sites for hydroxylation is 1. The number of halogens is 1. The Morgan fingerprint density at radius 2 is 1.86 bits per heavy atom. The number of ether oxygens (including phenoxy) is 1. The zero-order valence-corrected chi connectivity index (χ0v) is 14.8. The molecule has 124 valence electrons. The van der Waals surface area contributed by atoms with E-state index >= 15 is 0 Å². The van der Waals surface area contributed by atoms with E-state index in [1.54, 1.807) is 6.07 Å². The standard InChI is InChI=1S/C16H24ClNO3S/c1-3-21-15-10-12(2)14(17)11-16(15)22(19,20)18-13-8-6-4-5-7-9-13/h10-11,13,18H,3-9H2,1-2H3. The van der Waals surface area contributed by atoms with Crippen molar-refractivity contribution in [2.75, 3.05) is 6.61 Å². The summed E-state index contributed by atoms with van der Waals surface area (Å²) in [6.45, 7) is 4.08. The Hall–Kier alpha value is -0.780. The molecule has 1 aliphatic rings. The molecule has 6 heteroatoms. The minimum absolute atomic E-state index is 0.00190. The van der Waals surface area contributed by atoms with E-state index in [0.29, 0.717) is 17.4 Å². The number of hydrogen-bond donors (Lipinski definition) is 1. The van der Waals surface area contributed by atoms with Crippen LogP contribution < -0.4 is 9.46 Å². The molecule has 1 aromatic carbocycles. The minimum Gasteiger partial charge on any atom is -0.492 e. The Morgan fingerprint density at radius 3 is 2.45 bits per heavy atom. The quantitative estimate of drug-likeness (QED) is 0.819. The lowest BCUT2D eigenvalue weighted by molar-refractivity contribution is 0.330. The van der Waals surface area contributed by atoms with Crippen LogP contribution in [0.25, 0.3) is 0 Å². The van der Waals surface area contributed by atoms with E-state index in [2.05, 4.69) is 4.72 Å². The second-order valence-electron chi connectivity index (χ2n) is 5.79. The Kier molecular flexibility index (Phi) is 6.12. The molecule has 1 N–H and O–H groups in total. The molecule has 0 bridgehead atoms. The summed E-state index contributed by atoms with van der Waals surface area (Å²) >= 11 is 6.11. The molecule has 0 spiro atoms. The lowest BCUT2D eigenvalue weighted by Crippen LogP contribution is -2.34. The third kappa shape index (κ3) is 4.37. The van der Waals surface area contributed by atoms with Crippen LogP contribution in [-0.4, -0.2) is 21.1 Å². The molecule has 1 aliphatic carbocycles. The topological polar surface area (TPSA) is 55.4 Å². The van der Waals surface area contributed by atoms with Crippen LogP contribution in [0.15, 0.2) is 17.0 Å². The lowest BCUT2D eigenvalue weighted by Gasteiger charge is -2.18. The first-order valence-corrected chi connectivity index (χ1v) is 9.75. The predicted molar refractivity (Wildman–Crippen MR) is 89.2 cm³/mol. The van der Waals surface area contributed by atoms with E-state index in [4.69, 9.17) is 16.3 Å². The Balaban J connectivity index is 2.29. The van der Waals surface area contributed by atoms with Gasteiger partial charge in [-0.05, 0) is 44.4 Å². The first-order chi connectivity index (χ1) is 10.4. The fourth-order valence-electron chi connectivity index (χ4n) is 2.80. The normalized spacial score (nSPS) is 17.2. The molecule has 0 atom stereocenters. The van der Waals surface area contributed by atoms with Crippen LogP contribution in [0.5, 0.6) is 5.75 Å². The molecular formula is C16H24ClNO3S. The molecule has 4 nitrogen and oxygen atoms in total. The molecule has 2 rings (SSSR count). The number of sulfonamides is 1. The highest BCUT2D eigenvalue weighted by Gasteiger charge is 2.25. The van der Waals surface area contributed by atoms with E-state index in [9.17, 15) is 8.42 Å². The van der Waals surface area contributed by atoms with Gasteiger partial charge in [0.2, 0.25) is 10.0 Å². The van der Waals surface area contributed by atoms with Crippen molar-refractivity contribution < 1.29 is 13.2 Å². The third-order valence-corrected chi connectivity index (χ3v) is 5.94. The maximum Gasteiger partial charge on any atom is 0.244 e. The summed E-state index contributed by atoms with van der Waals surface area (Å²) in [7, 11) is -3.63. The molecule has 0 amide bonds. The lowest BCUT2D eigenvalue weighted by atomic mass is 10.1. The highest BCUT2D eigenvalue weighted by molar-refractivity contribution is 7.89. The molecule has 0 aliphatic heterocycles. The fourth-order valence-corrected chi connectivity index (χ4v) is 4.48. The minimum atomic E-state index is -3.63. The molecule has 0 radical (unpaired) electrons. The number of hydrogen-bond acceptors (Lipinski definition) is 3. The van der Waals surface area contributed by atoms with Gasteiger partial charge in [0.15, 0.2) is 0 Å². The smallest absolute Gasteiger partial charge is 0.244 e. The summed E-state index contributed by atoms with van der Waals surface area (Å²) in [5.74, 6) is 0.366. The van der Waals surface area contributed by atoms with Crippen molar-refractivity contribution in [2.24, 2.45) is 0 Å². The van der Waals surface area contributed by atoms with Gasteiger partial charge in [-0.2, -0.15) is 0 Å². The SMILES string of the molecule is CCOc1cc(C)c(Cl)cc1S(=O)(=O)NC1CCCCCC1. The van der Waals surface area contributed by atoms with Crippen molar-refractivity contribution in [1.29, 1.82) is 0 Å². The summed E-state index contributed by atoms with van der Waals surface area (Å²) in [5, 5.41) is 0.435. The van der Waals surface area contributed by atoms with Gasteiger partial charge in [0.25, 0.3) is 0 Å². The van der Waals surface area contributed by atoms with Crippen molar-refractivity contribution in [3.63, 3.8) is 0 Å². The van der Waals surface area contributed by atoms with E-state index in [-0.39, 0.29) is 10.9 Å². The van der Waals surface area contributed by atoms with Crippen LogP contribution in [-0.2, 0) is 10.0 Å². The monoisotopic (exact) mass is 345 g/mol. The van der Waals surface area contributed by atoms with Crippen LogP contribution in [0.2, 0.25) is 5.02 Å². The van der Waals surface area contributed by atoms with Gasteiger partial charge in [-0.15, -0.1) is 0 Å². The summed E-state index contributed by atoms with van der Waals surface area (Å²) < 4.78 is 33.8. The van der Waals surface area contributed by atoms with Crippen LogP contribution >= 0.6 is 11.6 Å². The van der Waals surface area contributed by atoms with Crippen LogP contribution in [0, 0.1) is 6.92 Å². The van der Waals surface area contributed by atoms with Gasteiger partial charge in [-0.1, -0.05) is 37.3 Å². The molecule has 1 fully saturated rings. The summed E-state index contributed by atoms with van der Waals surface area (Å²) in [4.78, 5) is 0.134. The van der Waals surface area contributed by atoms with E-state index in [0.717, 1.165) is 31.2 Å². The second kappa shape index (κ2) is 7.66. The van der Waals surface area contributed by atoms with Gasteiger partial charge < -0.3 is 4.74 Å². The third-order valence-electron chi connectivity index (χ3n) is 3.99. The maximum atomic E-state index is 12.7. The first-order valence-electron chi connectivity index (χ1n) is 7.89. The van der Waals surface area contributed by atoms with E-state index in [1.165, 1.54) is 18.9 Å². The molecule has 0 aromatic heterocycles. The van der Waals surface area contributed by atoms with Crippen molar-refractivity contribution in [1.82, 2.24) is 4.72 Å². The number of benzene rings is 1. The first kappa shape index (κ1) is 17.6. The highest BCUT2D eigenvalue weighted by atomic mass is 35.5. The maximum absolute atomic E-state index is 12.7. The number of nitrogens with one attached hydrogen (secondary N) is 1. The Labute approximate surface area is 138 Å². The van der Waals surface area contributed by atoms with Gasteiger partial charge >= 0.3 is 0 Å². The molecule has 0 heterocycles. The fraction of sp³-hybridized carbons (Fsp3) is 0.625. The number of rotatable bonds is 5. The van der Waals surface area contributed by atoms with E-state index < -0.39 is 10.0 Å².